The third-order valence-electron chi connectivity index (χ3n) is 2.88. The van der Waals surface area contributed by atoms with Gasteiger partial charge in [-0.3, -0.25) is 4.79 Å². The van der Waals surface area contributed by atoms with Crippen molar-refractivity contribution in [1.82, 2.24) is 5.32 Å². The summed E-state index contributed by atoms with van der Waals surface area (Å²) in [4.78, 5) is 11.5. The lowest BCUT2D eigenvalue weighted by Gasteiger charge is -2.15. The monoisotopic (exact) mass is 318 g/mol. The molecule has 124 valence electrons. The van der Waals surface area contributed by atoms with E-state index < -0.39 is 17.7 Å². The van der Waals surface area contributed by atoms with Crippen molar-refractivity contribution in [3.63, 3.8) is 0 Å². The van der Waals surface area contributed by atoms with E-state index in [-0.39, 0.29) is 43.9 Å². The van der Waals surface area contributed by atoms with Gasteiger partial charge in [-0.1, -0.05) is 0 Å². The van der Waals surface area contributed by atoms with E-state index in [1.807, 2.05) is 0 Å². The molecule has 0 aliphatic rings. The van der Waals surface area contributed by atoms with E-state index in [0.717, 1.165) is 12.1 Å². The van der Waals surface area contributed by atoms with Crippen LogP contribution in [0.25, 0.3) is 0 Å². The molecular weight excluding hydrogens is 298 g/mol. The van der Waals surface area contributed by atoms with Crippen LogP contribution < -0.4 is 15.8 Å². The summed E-state index contributed by atoms with van der Waals surface area (Å²) >= 11 is 0. The Morgan fingerprint density at radius 2 is 2.14 bits per heavy atom. The number of ether oxygens (including phenoxy) is 2. The normalized spacial score (nSPS) is 13.5. The number of nitrogens with one attached hydrogen (secondary N) is 1. The third kappa shape index (κ3) is 6.33. The van der Waals surface area contributed by atoms with Crippen LogP contribution in [0.3, 0.4) is 0 Å². The molecule has 0 heterocycles. The maximum Gasteiger partial charge on any atom is 0.222 e. The number of halogens is 2. The van der Waals surface area contributed by atoms with Crippen LogP contribution in [0.15, 0.2) is 18.2 Å². The van der Waals surface area contributed by atoms with Crippen molar-refractivity contribution >= 4 is 5.91 Å². The van der Waals surface area contributed by atoms with E-state index in [0.29, 0.717) is 0 Å². The smallest absolute Gasteiger partial charge is 0.222 e. The molecule has 2 unspecified atom stereocenters. The van der Waals surface area contributed by atoms with Crippen molar-refractivity contribution in [2.24, 2.45) is 5.73 Å². The highest BCUT2D eigenvalue weighted by Gasteiger charge is 2.13. The Kier molecular flexibility index (Phi) is 7.72. The first kappa shape index (κ1) is 18.3. The quantitative estimate of drug-likeness (QED) is 0.604. The molecule has 4 N–H and O–H groups in total. The first-order chi connectivity index (χ1) is 10.5. The predicted octanol–water partition coefficient (Wildman–Crippen LogP) is 0.184. The van der Waals surface area contributed by atoms with Crippen molar-refractivity contribution in [1.29, 1.82) is 0 Å². The van der Waals surface area contributed by atoms with Gasteiger partial charge < -0.3 is 25.6 Å². The van der Waals surface area contributed by atoms with Crippen molar-refractivity contribution in [3.05, 3.63) is 29.8 Å². The minimum atomic E-state index is -1.03. The van der Waals surface area contributed by atoms with E-state index >= 15 is 0 Å². The molecule has 0 saturated heterocycles. The van der Waals surface area contributed by atoms with Gasteiger partial charge in [0.2, 0.25) is 5.91 Å². The minimum Gasteiger partial charge on any atom is -0.491 e. The number of amides is 1. The summed E-state index contributed by atoms with van der Waals surface area (Å²) < 4.78 is 35.7. The van der Waals surface area contributed by atoms with E-state index in [4.69, 9.17) is 15.2 Å². The average molecular weight is 318 g/mol. The van der Waals surface area contributed by atoms with E-state index in [9.17, 15) is 18.7 Å². The summed E-state index contributed by atoms with van der Waals surface area (Å²) in [6.45, 7) is 0.00514. The molecule has 22 heavy (non-hydrogen) atoms. The van der Waals surface area contributed by atoms with Gasteiger partial charge in [0, 0.05) is 26.3 Å². The highest BCUT2D eigenvalue weighted by Crippen LogP contribution is 2.15. The molecule has 8 heteroatoms. The Bertz CT molecular complexity index is 484. The maximum absolute atomic E-state index is 12.9. The van der Waals surface area contributed by atoms with E-state index in [1.54, 1.807) is 0 Å². The largest absolute Gasteiger partial charge is 0.491 e. The van der Waals surface area contributed by atoms with Crippen LogP contribution in [0.5, 0.6) is 5.75 Å². The molecular formula is C14H20F2N2O4. The second kappa shape index (κ2) is 9.29. The molecule has 0 aliphatic heterocycles. The topological polar surface area (TPSA) is 93.8 Å². The fourth-order valence-electron chi connectivity index (χ4n) is 1.59. The van der Waals surface area contributed by atoms with E-state index in [2.05, 4.69) is 5.32 Å². The SMILES string of the molecule is COC(CN)CC(=O)NCC(O)COc1ccc(F)c(F)c1. The lowest BCUT2D eigenvalue weighted by molar-refractivity contribution is -0.123. The molecule has 2 atom stereocenters. The second-order valence-corrected chi connectivity index (χ2v) is 4.64. The number of rotatable bonds is 9. The van der Waals surface area contributed by atoms with Crippen LogP contribution in [0.4, 0.5) is 8.78 Å². The molecule has 0 bridgehead atoms. The van der Waals surface area contributed by atoms with Crippen molar-refractivity contribution < 1.29 is 28.2 Å². The summed E-state index contributed by atoms with van der Waals surface area (Å²) in [6, 6.07) is 3.05. The van der Waals surface area contributed by atoms with Crippen LogP contribution in [0.1, 0.15) is 6.42 Å². The lowest BCUT2D eigenvalue weighted by atomic mass is 10.2. The molecule has 0 fully saturated rings. The number of aliphatic hydroxyl groups excluding tert-OH is 1. The predicted molar refractivity (Wildman–Crippen MR) is 75.3 cm³/mol. The number of benzene rings is 1. The average Bonchev–Trinajstić information content (AvgIpc) is 2.51. The molecule has 0 aromatic heterocycles. The zero-order valence-electron chi connectivity index (χ0n) is 12.2. The number of aliphatic hydroxyl groups is 1. The molecule has 1 rings (SSSR count). The third-order valence-corrected chi connectivity index (χ3v) is 2.88. The van der Waals surface area contributed by atoms with Gasteiger partial charge in [-0.15, -0.1) is 0 Å². The van der Waals surface area contributed by atoms with Gasteiger partial charge in [0.15, 0.2) is 11.6 Å². The first-order valence-electron chi connectivity index (χ1n) is 6.71. The van der Waals surface area contributed by atoms with Crippen LogP contribution in [-0.4, -0.2) is 50.0 Å². The molecule has 1 aromatic rings. The Morgan fingerprint density at radius 1 is 1.41 bits per heavy atom. The molecule has 0 saturated carbocycles. The molecule has 0 aliphatic carbocycles. The summed E-state index contributed by atoms with van der Waals surface area (Å²) in [5.41, 5.74) is 5.39. The van der Waals surface area contributed by atoms with Crippen LogP contribution in [0, 0.1) is 11.6 Å². The van der Waals surface area contributed by atoms with Gasteiger partial charge in [0.05, 0.1) is 12.5 Å². The molecule has 1 aromatic carbocycles. The van der Waals surface area contributed by atoms with Crippen molar-refractivity contribution in [2.75, 3.05) is 26.8 Å². The fourth-order valence-corrected chi connectivity index (χ4v) is 1.59. The highest BCUT2D eigenvalue weighted by atomic mass is 19.2. The zero-order valence-corrected chi connectivity index (χ0v) is 12.2. The molecule has 1 amide bonds. The summed E-state index contributed by atoms with van der Waals surface area (Å²) in [5, 5.41) is 12.2. The van der Waals surface area contributed by atoms with Gasteiger partial charge in [-0.25, -0.2) is 8.78 Å². The standard InChI is InChI=1S/C14H20F2N2O4/c1-21-11(6-17)5-14(20)18-7-9(19)8-22-10-2-3-12(15)13(16)4-10/h2-4,9,11,19H,5-8,17H2,1H3,(H,18,20). The summed E-state index contributed by atoms with van der Waals surface area (Å²) in [5.74, 6) is -2.24. The van der Waals surface area contributed by atoms with Gasteiger partial charge in [-0.05, 0) is 12.1 Å². The van der Waals surface area contributed by atoms with Gasteiger partial charge in [0.1, 0.15) is 18.5 Å². The first-order valence-corrected chi connectivity index (χ1v) is 6.71. The van der Waals surface area contributed by atoms with Crippen LogP contribution >= 0.6 is 0 Å². The number of methoxy groups -OCH3 is 1. The number of hydrogen-bond donors (Lipinski definition) is 3. The fraction of sp³-hybridized carbons (Fsp3) is 0.500. The van der Waals surface area contributed by atoms with Gasteiger partial charge >= 0.3 is 0 Å². The minimum absolute atomic E-state index is 0.0382. The highest BCUT2D eigenvalue weighted by molar-refractivity contribution is 5.76. The summed E-state index contributed by atoms with van der Waals surface area (Å²) in [6.07, 6.45) is -1.28. The number of carbonyl (C=O) groups is 1. The van der Waals surface area contributed by atoms with Crippen LogP contribution in [0.2, 0.25) is 0 Å². The number of hydrogen-bond acceptors (Lipinski definition) is 5. The van der Waals surface area contributed by atoms with Gasteiger partial charge in [0.25, 0.3) is 0 Å². The van der Waals surface area contributed by atoms with Gasteiger partial charge in [-0.2, -0.15) is 0 Å². The zero-order chi connectivity index (χ0) is 16.5. The Hall–Kier alpha value is -1.77. The lowest BCUT2D eigenvalue weighted by Crippen LogP contribution is -2.38. The Morgan fingerprint density at radius 3 is 2.73 bits per heavy atom. The molecule has 0 spiro atoms. The molecule has 6 nitrogen and oxygen atoms in total. The number of carbonyl (C=O) groups excluding carboxylic acids is 1. The van der Waals surface area contributed by atoms with Crippen molar-refractivity contribution in [3.8, 4) is 5.75 Å². The second-order valence-electron chi connectivity index (χ2n) is 4.64. The number of nitrogens with two attached hydrogens (primary N) is 1. The molecule has 0 radical (unpaired) electrons. The Labute approximate surface area is 127 Å². The van der Waals surface area contributed by atoms with Crippen molar-refractivity contribution in [2.45, 2.75) is 18.6 Å². The van der Waals surface area contributed by atoms with E-state index in [1.165, 1.54) is 13.2 Å². The summed E-state index contributed by atoms with van der Waals surface area (Å²) in [7, 11) is 1.45. The Balaban J connectivity index is 2.29. The van der Waals surface area contributed by atoms with Crippen LogP contribution in [-0.2, 0) is 9.53 Å². The maximum atomic E-state index is 12.9.